The third-order valence-electron chi connectivity index (χ3n) is 3.70. The molecule has 2 rings (SSSR count). The van der Waals surface area contributed by atoms with Gasteiger partial charge in [-0.3, -0.25) is 0 Å². The van der Waals surface area contributed by atoms with Crippen LogP contribution in [0, 0.1) is 0 Å². The second-order valence-corrected chi connectivity index (χ2v) is 7.66. The molecule has 0 saturated carbocycles. The highest BCUT2D eigenvalue weighted by Gasteiger charge is 2.48. The van der Waals surface area contributed by atoms with Gasteiger partial charge in [0.15, 0.2) is 0 Å². The highest BCUT2D eigenvalue weighted by atomic mass is 32.2. The Morgan fingerprint density at radius 2 is 1.46 bits per heavy atom. The van der Waals surface area contributed by atoms with E-state index in [0.29, 0.717) is 29.2 Å². The summed E-state index contributed by atoms with van der Waals surface area (Å²) in [4.78, 5) is 1.97. The summed E-state index contributed by atoms with van der Waals surface area (Å²) >= 11 is 0. The molecule has 0 bridgehead atoms. The van der Waals surface area contributed by atoms with Crippen LogP contribution in [0.25, 0.3) is 11.1 Å². The van der Waals surface area contributed by atoms with Gasteiger partial charge in [0.25, 0.3) is 0 Å². The minimum absolute atomic E-state index is 0.455. The second-order valence-electron chi connectivity index (χ2n) is 6.12. The molecule has 0 radical (unpaired) electrons. The van der Waals surface area contributed by atoms with Gasteiger partial charge in [-0.1, -0.05) is 12.1 Å². The Kier molecular flexibility index (Phi) is 6.45. The fourth-order valence-electron chi connectivity index (χ4n) is 2.56. The molecule has 0 aromatic heterocycles. The van der Waals surface area contributed by atoms with Crippen molar-refractivity contribution in [1.82, 2.24) is 4.90 Å². The smallest absolute Gasteiger partial charge is 0.496 e. The van der Waals surface area contributed by atoms with Crippen molar-refractivity contribution in [3.05, 3.63) is 42.0 Å². The van der Waals surface area contributed by atoms with Crippen LogP contribution in [0.5, 0.6) is 17.2 Å². The molecule has 0 atom stereocenters. The zero-order valence-electron chi connectivity index (χ0n) is 15.7. The van der Waals surface area contributed by atoms with Crippen LogP contribution in [0.3, 0.4) is 0 Å². The maximum Gasteiger partial charge on any atom is 0.534 e. The summed E-state index contributed by atoms with van der Waals surface area (Å²) in [6, 6.07) is 8.77. The lowest BCUT2D eigenvalue weighted by Gasteiger charge is -2.18. The Hall–Kier alpha value is -2.46. The van der Waals surface area contributed by atoms with Gasteiger partial charge in [0.2, 0.25) is 0 Å². The van der Waals surface area contributed by atoms with Crippen LogP contribution in [-0.4, -0.2) is 47.1 Å². The van der Waals surface area contributed by atoms with Crippen molar-refractivity contribution in [2.75, 3.05) is 28.3 Å². The summed E-state index contributed by atoms with van der Waals surface area (Å²) in [6.45, 7) is 0.648. The fourth-order valence-corrected chi connectivity index (χ4v) is 3.02. The van der Waals surface area contributed by atoms with Gasteiger partial charge >= 0.3 is 15.6 Å². The third kappa shape index (κ3) is 4.87. The van der Waals surface area contributed by atoms with E-state index in [9.17, 15) is 21.6 Å². The highest BCUT2D eigenvalue weighted by molar-refractivity contribution is 7.88. The summed E-state index contributed by atoms with van der Waals surface area (Å²) in [5, 5.41) is 0. The predicted octanol–water partition coefficient (Wildman–Crippen LogP) is 3.66. The van der Waals surface area contributed by atoms with Crippen molar-refractivity contribution in [3.63, 3.8) is 0 Å². The van der Waals surface area contributed by atoms with E-state index in [2.05, 4.69) is 4.18 Å². The first-order chi connectivity index (χ1) is 13.0. The van der Waals surface area contributed by atoms with Crippen LogP contribution in [0.2, 0.25) is 0 Å². The lowest BCUT2D eigenvalue weighted by atomic mass is 10.0. The lowest BCUT2D eigenvalue weighted by molar-refractivity contribution is -0.0500. The number of methoxy groups -OCH3 is 2. The number of nitrogens with zero attached hydrogens (tertiary/aromatic N) is 1. The number of rotatable bonds is 7. The summed E-state index contributed by atoms with van der Waals surface area (Å²) in [5.74, 6) is 0.559. The Balaban J connectivity index is 2.42. The van der Waals surface area contributed by atoms with E-state index in [1.807, 2.05) is 31.1 Å². The number of benzene rings is 2. The van der Waals surface area contributed by atoms with Crippen LogP contribution < -0.4 is 13.7 Å². The van der Waals surface area contributed by atoms with E-state index in [0.717, 1.165) is 17.7 Å². The lowest BCUT2D eigenvalue weighted by Crippen LogP contribution is -2.28. The van der Waals surface area contributed by atoms with E-state index in [-0.39, 0.29) is 0 Å². The van der Waals surface area contributed by atoms with Crippen LogP contribution in [0.15, 0.2) is 36.4 Å². The molecule has 0 fully saturated rings. The normalized spacial score (nSPS) is 12.1. The summed E-state index contributed by atoms with van der Waals surface area (Å²) in [6.07, 6.45) is 0. The first-order valence-corrected chi connectivity index (χ1v) is 9.40. The minimum atomic E-state index is -5.73. The molecule has 0 N–H and O–H groups in total. The van der Waals surface area contributed by atoms with E-state index < -0.39 is 21.4 Å². The molecule has 6 nitrogen and oxygen atoms in total. The molecule has 0 aliphatic carbocycles. The quantitative estimate of drug-likeness (QED) is 0.504. The van der Waals surface area contributed by atoms with Crippen LogP contribution >= 0.6 is 0 Å². The van der Waals surface area contributed by atoms with Gasteiger partial charge in [-0.2, -0.15) is 21.6 Å². The van der Waals surface area contributed by atoms with Crippen molar-refractivity contribution in [2.24, 2.45) is 0 Å². The monoisotopic (exact) mass is 419 g/mol. The SMILES string of the molecule is COc1cc(CN(C)C)cc(OC)c1-c1ccc(OS(=O)(=O)C(F)(F)F)cc1. The van der Waals surface area contributed by atoms with Gasteiger partial charge in [0.05, 0.1) is 19.8 Å². The Bertz CT molecular complexity index is 900. The number of hydrogen-bond acceptors (Lipinski definition) is 6. The second kappa shape index (κ2) is 8.27. The molecule has 28 heavy (non-hydrogen) atoms. The topological polar surface area (TPSA) is 65.1 Å². The van der Waals surface area contributed by atoms with E-state index in [1.54, 1.807) is 0 Å². The number of halogens is 3. The number of ether oxygens (including phenoxy) is 2. The average molecular weight is 419 g/mol. The van der Waals surface area contributed by atoms with Crippen molar-refractivity contribution in [2.45, 2.75) is 12.1 Å². The van der Waals surface area contributed by atoms with Crippen molar-refractivity contribution in [1.29, 1.82) is 0 Å². The molecule has 10 heteroatoms. The zero-order chi connectivity index (χ0) is 21.1. The van der Waals surface area contributed by atoms with Crippen molar-refractivity contribution < 1.29 is 35.2 Å². The van der Waals surface area contributed by atoms with Gasteiger partial charge in [0, 0.05) is 6.54 Å². The fraction of sp³-hybridized carbons (Fsp3) is 0.333. The molecule has 0 aliphatic heterocycles. The zero-order valence-corrected chi connectivity index (χ0v) is 16.5. The van der Waals surface area contributed by atoms with Crippen LogP contribution in [-0.2, 0) is 16.7 Å². The minimum Gasteiger partial charge on any atom is -0.496 e. The van der Waals surface area contributed by atoms with Crippen LogP contribution in [0.4, 0.5) is 13.2 Å². The van der Waals surface area contributed by atoms with Gasteiger partial charge in [-0.05, 0) is 49.5 Å². The molecule has 0 saturated heterocycles. The summed E-state index contributed by atoms with van der Waals surface area (Å²) in [7, 11) is 1.09. The van der Waals surface area contributed by atoms with Gasteiger partial charge < -0.3 is 18.6 Å². The molecule has 0 heterocycles. The van der Waals surface area contributed by atoms with Crippen molar-refractivity contribution in [3.8, 4) is 28.4 Å². The van der Waals surface area contributed by atoms with E-state index in [1.165, 1.54) is 26.4 Å². The molecule has 0 unspecified atom stereocenters. The molecule has 2 aromatic rings. The largest absolute Gasteiger partial charge is 0.534 e. The summed E-state index contributed by atoms with van der Waals surface area (Å²) < 4.78 is 74.5. The Morgan fingerprint density at radius 3 is 1.86 bits per heavy atom. The first kappa shape index (κ1) is 21.8. The van der Waals surface area contributed by atoms with Gasteiger partial charge in [-0.25, -0.2) is 0 Å². The first-order valence-electron chi connectivity index (χ1n) is 7.99. The third-order valence-corrected chi connectivity index (χ3v) is 4.68. The number of alkyl halides is 3. The van der Waals surface area contributed by atoms with E-state index >= 15 is 0 Å². The predicted molar refractivity (Wildman–Crippen MR) is 98.0 cm³/mol. The van der Waals surface area contributed by atoms with Crippen molar-refractivity contribution >= 4 is 10.1 Å². The maximum atomic E-state index is 12.4. The Morgan fingerprint density at radius 1 is 0.964 bits per heavy atom. The number of hydrogen-bond donors (Lipinski definition) is 0. The molecule has 2 aromatic carbocycles. The van der Waals surface area contributed by atoms with E-state index in [4.69, 9.17) is 9.47 Å². The Labute approximate surface area is 161 Å². The maximum absolute atomic E-state index is 12.4. The summed E-state index contributed by atoms with van der Waals surface area (Å²) in [5.41, 5.74) is -3.42. The molecular weight excluding hydrogens is 399 g/mol. The highest BCUT2D eigenvalue weighted by Crippen LogP contribution is 2.40. The standard InChI is InChI=1S/C18H20F3NO5S/c1-22(2)11-12-9-15(25-3)17(16(10-12)26-4)13-5-7-14(8-6-13)27-28(23,24)18(19,20)21/h5-10H,11H2,1-4H3. The molecular formula is C18H20F3NO5S. The molecule has 0 spiro atoms. The molecule has 0 aliphatic rings. The molecule has 0 amide bonds. The van der Waals surface area contributed by atoms with Crippen LogP contribution in [0.1, 0.15) is 5.56 Å². The average Bonchev–Trinajstić information content (AvgIpc) is 2.60. The van der Waals surface area contributed by atoms with Gasteiger partial charge in [-0.15, -0.1) is 0 Å². The molecule has 154 valence electrons. The van der Waals surface area contributed by atoms with Gasteiger partial charge in [0.1, 0.15) is 17.2 Å².